The maximum absolute atomic E-state index is 12.3. The van der Waals surface area contributed by atoms with Gasteiger partial charge in [0.15, 0.2) is 6.61 Å². The minimum atomic E-state index is -0.174. The Labute approximate surface area is 159 Å². The van der Waals surface area contributed by atoms with Gasteiger partial charge in [-0.1, -0.05) is 41.1 Å². The molecule has 0 aliphatic heterocycles. The first-order valence-corrected chi connectivity index (χ1v) is 8.96. The van der Waals surface area contributed by atoms with Gasteiger partial charge in [-0.05, 0) is 46.7 Å². The molecule has 1 heterocycles. The third-order valence-electron chi connectivity index (χ3n) is 3.82. The molecule has 0 unspecified atom stereocenters. The van der Waals surface area contributed by atoms with Crippen LogP contribution in [0.15, 0.2) is 59.3 Å². The molecule has 0 spiro atoms. The van der Waals surface area contributed by atoms with Crippen LogP contribution < -0.4 is 10.1 Å². The minimum Gasteiger partial charge on any atom is -0.484 e. The molecule has 2 aromatic carbocycles. The third kappa shape index (κ3) is 4.66. The number of aromatic nitrogens is 4. The van der Waals surface area contributed by atoms with Gasteiger partial charge in [0.05, 0.1) is 11.7 Å². The molecular weight excluding hydrogens is 398 g/mol. The second-order valence-corrected chi connectivity index (χ2v) is 6.54. The van der Waals surface area contributed by atoms with Crippen molar-refractivity contribution in [3.05, 3.63) is 64.9 Å². The number of nitrogens with one attached hydrogen (secondary N) is 1. The molecule has 26 heavy (non-hydrogen) atoms. The number of hydrogen-bond acceptors (Lipinski definition) is 5. The first-order valence-electron chi connectivity index (χ1n) is 8.16. The number of benzene rings is 2. The summed E-state index contributed by atoms with van der Waals surface area (Å²) in [7, 11) is 0. The molecule has 0 aliphatic carbocycles. The Balaban J connectivity index is 1.58. The molecule has 0 saturated heterocycles. The highest BCUT2D eigenvalue weighted by Crippen LogP contribution is 2.20. The molecule has 1 N–H and O–H groups in total. The van der Waals surface area contributed by atoms with Crippen molar-refractivity contribution in [3.8, 4) is 11.4 Å². The van der Waals surface area contributed by atoms with Crippen molar-refractivity contribution < 1.29 is 9.53 Å². The van der Waals surface area contributed by atoms with E-state index in [-0.39, 0.29) is 18.6 Å². The van der Waals surface area contributed by atoms with E-state index in [1.54, 1.807) is 12.1 Å². The largest absolute Gasteiger partial charge is 0.484 e. The lowest BCUT2D eigenvalue weighted by Gasteiger charge is -2.18. The summed E-state index contributed by atoms with van der Waals surface area (Å²) < 4.78 is 8.13. The summed E-state index contributed by atoms with van der Waals surface area (Å²) in [4.78, 5) is 12.3. The molecule has 1 aromatic heterocycles. The van der Waals surface area contributed by atoms with Gasteiger partial charge >= 0.3 is 0 Å². The number of halogens is 1. The molecule has 1 atom stereocenters. The number of amides is 1. The number of rotatable bonds is 7. The molecule has 8 heteroatoms. The van der Waals surface area contributed by atoms with Crippen molar-refractivity contribution in [2.24, 2.45) is 0 Å². The zero-order chi connectivity index (χ0) is 18.4. The molecule has 3 rings (SSSR count). The number of tetrazole rings is 1. The van der Waals surface area contributed by atoms with Crippen LogP contribution in [0.3, 0.4) is 0 Å². The summed E-state index contributed by atoms with van der Waals surface area (Å²) in [6.45, 7) is 1.97. The van der Waals surface area contributed by atoms with Gasteiger partial charge in [0.1, 0.15) is 12.1 Å². The van der Waals surface area contributed by atoms with Crippen LogP contribution in [-0.4, -0.2) is 32.7 Å². The first kappa shape index (κ1) is 18.1. The van der Waals surface area contributed by atoms with Crippen LogP contribution >= 0.6 is 15.9 Å². The van der Waals surface area contributed by atoms with E-state index in [9.17, 15) is 4.79 Å². The highest BCUT2D eigenvalue weighted by molar-refractivity contribution is 9.10. The number of carbonyl (C=O) groups is 1. The minimum absolute atomic E-state index is 0.0493. The Morgan fingerprint density at radius 3 is 2.77 bits per heavy atom. The van der Waals surface area contributed by atoms with Crippen molar-refractivity contribution >= 4 is 21.8 Å². The van der Waals surface area contributed by atoms with Gasteiger partial charge in [-0.25, -0.2) is 4.68 Å². The standard InChI is InChI=1S/C18H18BrN5O2/c1-2-17(13-6-8-14(19)9-7-13)21-18(25)11-26-16-5-3-4-15(10-16)24-12-20-22-23-24/h3-10,12,17H,2,11H2,1H3,(H,21,25)/t17-/m0/s1. The van der Waals surface area contributed by atoms with Crippen LogP contribution in [0.25, 0.3) is 5.69 Å². The molecule has 0 fully saturated rings. The van der Waals surface area contributed by atoms with Crippen LogP contribution in [0.1, 0.15) is 24.9 Å². The second-order valence-electron chi connectivity index (χ2n) is 5.62. The Hall–Kier alpha value is -2.74. The Morgan fingerprint density at radius 1 is 1.27 bits per heavy atom. The fourth-order valence-electron chi connectivity index (χ4n) is 2.50. The van der Waals surface area contributed by atoms with Gasteiger partial charge in [0, 0.05) is 10.5 Å². The molecular formula is C18H18BrN5O2. The molecule has 0 saturated carbocycles. The second kappa shape index (κ2) is 8.57. The van der Waals surface area contributed by atoms with E-state index in [0.29, 0.717) is 5.75 Å². The molecule has 0 bridgehead atoms. The first-order chi connectivity index (χ1) is 12.7. The zero-order valence-corrected chi connectivity index (χ0v) is 15.8. The quantitative estimate of drug-likeness (QED) is 0.640. The van der Waals surface area contributed by atoms with Gasteiger partial charge in [-0.3, -0.25) is 4.79 Å². The molecule has 7 nitrogen and oxygen atoms in total. The van der Waals surface area contributed by atoms with Gasteiger partial charge in [-0.2, -0.15) is 0 Å². The highest BCUT2D eigenvalue weighted by Gasteiger charge is 2.13. The Bertz CT molecular complexity index is 852. The topological polar surface area (TPSA) is 81.9 Å². The van der Waals surface area contributed by atoms with Crippen LogP contribution in [-0.2, 0) is 4.79 Å². The van der Waals surface area contributed by atoms with E-state index in [2.05, 4.69) is 36.8 Å². The van der Waals surface area contributed by atoms with Crippen molar-refractivity contribution in [1.29, 1.82) is 0 Å². The molecule has 134 valence electrons. The summed E-state index contributed by atoms with van der Waals surface area (Å²) in [5, 5.41) is 14.0. The summed E-state index contributed by atoms with van der Waals surface area (Å²) >= 11 is 3.42. The molecule has 3 aromatic rings. The van der Waals surface area contributed by atoms with E-state index in [1.165, 1.54) is 11.0 Å². The predicted octanol–water partition coefficient (Wildman–Crippen LogP) is 3.07. The molecule has 0 radical (unpaired) electrons. The van der Waals surface area contributed by atoms with Gasteiger partial charge in [0.25, 0.3) is 5.91 Å². The lowest BCUT2D eigenvalue weighted by Crippen LogP contribution is -2.32. The summed E-state index contributed by atoms with van der Waals surface area (Å²) in [5.74, 6) is 0.400. The van der Waals surface area contributed by atoms with Crippen LogP contribution in [0, 0.1) is 0 Å². The predicted molar refractivity (Wildman–Crippen MR) is 100.0 cm³/mol. The Morgan fingerprint density at radius 2 is 2.08 bits per heavy atom. The fourth-order valence-corrected chi connectivity index (χ4v) is 2.76. The summed E-state index contributed by atoms with van der Waals surface area (Å²) in [5.41, 5.74) is 1.82. The monoisotopic (exact) mass is 415 g/mol. The normalized spacial score (nSPS) is 11.8. The highest BCUT2D eigenvalue weighted by atomic mass is 79.9. The summed E-state index contributed by atoms with van der Waals surface area (Å²) in [6.07, 6.45) is 2.29. The van der Waals surface area contributed by atoms with Crippen molar-refractivity contribution in [2.45, 2.75) is 19.4 Å². The van der Waals surface area contributed by atoms with Crippen molar-refractivity contribution in [1.82, 2.24) is 25.5 Å². The van der Waals surface area contributed by atoms with Crippen LogP contribution in [0.2, 0.25) is 0 Å². The zero-order valence-electron chi connectivity index (χ0n) is 14.2. The molecule has 0 aliphatic rings. The Kier molecular flexibility index (Phi) is 5.96. The van der Waals surface area contributed by atoms with E-state index < -0.39 is 0 Å². The SMILES string of the molecule is CC[C@H](NC(=O)COc1cccc(-n2cnnn2)c1)c1ccc(Br)cc1. The maximum Gasteiger partial charge on any atom is 0.258 e. The average Bonchev–Trinajstić information content (AvgIpc) is 3.20. The van der Waals surface area contributed by atoms with Crippen molar-refractivity contribution in [2.75, 3.05) is 6.61 Å². The summed E-state index contributed by atoms with van der Waals surface area (Å²) in [6, 6.07) is 15.1. The fraction of sp³-hybridized carbons (Fsp3) is 0.222. The lowest BCUT2D eigenvalue weighted by molar-refractivity contribution is -0.123. The lowest BCUT2D eigenvalue weighted by atomic mass is 10.0. The number of hydrogen-bond donors (Lipinski definition) is 1. The van der Waals surface area contributed by atoms with E-state index in [4.69, 9.17) is 4.74 Å². The smallest absolute Gasteiger partial charge is 0.258 e. The van der Waals surface area contributed by atoms with Crippen LogP contribution in [0.4, 0.5) is 0 Å². The van der Waals surface area contributed by atoms with Crippen molar-refractivity contribution in [3.63, 3.8) is 0 Å². The number of ether oxygens (including phenoxy) is 1. The third-order valence-corrected chi connectivity index (χ3v) is 4.35. The van der Waals surface area contributed by atoms with Gasteiger partial charge < -0.3 is 10.1 Å². The van der Waals surface area contributed by atoms with E-state index in [1.807, 2.05) is 43.3 Å². The van der Waals surface area contributed by atoms with Gasteiger partial charge in [0.2, 0.25) is 0 Å². The van der Waals surface area contributed by atoms with E-state index >= 15 is 0 Å². The van der Waals surface area contributed by atoms with Gasteiger partial charge in [-0.15, -0.1) is 5.10 Å². The number of nitrogens with zero attached hydrogens (tertiary/aromatic N) is 4. The average molecular weight is 416 g/mol. The molecule has 1 amide bonds. The maximum atomic E-state index is 12.3. The van der Waals surface area contributed by atoms with E-state index in [0.717, 1.165) is 22.1 Å². The number of carbonyl (C=O) groups excluding carboxylic acids is 1. The van der Waals surface area contributed by atoms with Crippen LogP contribution in [0.5, 0.6) is 5.75 Å².